The molecule has 1 heteroatoms. The van der Waals surface area contributed by atoms with Crippen molar-refractivity contribution < 1.29 is 4.79 Å². The van der Waals surface area contributed by atoms with Crippen LogP contribution in [0.1, 0.15) is 104 Å². The minimum atomic E-state index is 0.458. The summed E-state index contributed by atoms with van der Waals surface area (Å²) in [4.78, 5) is 12.4. The van der Waals surface area contributed by atoms with Gasteiger partial charge in [0, 0.05) is 6.42 Å². The summed E-state index contributed by atoms with van der Waals surface area (Å²) in [5.41, 5.74) is 2.59. The van der Waals surface area contributed by atoms with Crippen LogP contribution in [0, 0.1) is 0 Å². The Hall–Kier alpha value is -0.590. The van der Waals surface area contributed by atoms with Gasteiger partial charge in [0.05, 0.1) is 0 Å². The van der Waals surface area contributed by atoms with E-state index in [0.717, 1.165) is 25.7 Å². The standard InChI is InChI=1S/C19H34O/c1-3-4-11-14-17(2)18-15-12-9-7-5-6-8-10-13-16-19(18)20/h3-16H2,1-2H3. The summed E-state index contributed by atoms with van der Waals surface area (Å²) >= 11 is 0. The number of Topliss-reactive ketones (excluding diaryl/α,β-unsaturated/α-hetero) is 1. The van der Waals surface area contributed by atoms with Crippen molar-refractivity contribution in [2.24, 2.45) is 0 Å². The van der Waals surface area contributed by atoms with Crippen LogP contribution in [-0.2, 0) is 4.79 Å². The Morgan fingerprint density at radius 1 is 0.850 bits per heavy atom. The topological polar surface area (TPSA) is 17.1 Å². The van der Waals surface area contributed by atoms with Crippen molar-refractivity contribution in [1.82, 2.24) is 0 Å². The maximum absolute atomic E-state index is 12.4. The van der Waals surface area contributed by atoms with Crippen molar-refractivity contribution in [3.05, 3.63) is 11.1 Å². The van der Waals surface area contributed by atoms with E-state index in [0.29, 0.717) is 5.78 Å². The summed E-state index contributed by atoms with van der Waals surface area (Å²) in [6.45, 7) is 4.44. The molecule has 1 saturated carbocycles. The van der Waals surface area contributed by atoms with Crippen LogP contribution in [0.2, 0.25) is 0 Å². The number of rotatable bonds is 4. The van der Waals surface area contributed by atoms with Gasteiger partial charge in [-0.05, 0) is 44.6 Å². The Kier molecular flexibility index (Phi) is 9.70. The molecule has 0 N–H and O–H groups in total. The molecule has 0 radical (unpaired) electrons. The highest BCUT2D eigenvalue weighted by atomic mass is 16.1. The minimum absolute atomic E-state index is 0.458. The Bertz CT molecular complexity index is 301. The average molecular weight is 278 g/mol. The van der Waals surface area contributed by atoms with Gasteiger partial charge in [-0.3, -0.25) is 4.79 Å². The third kappa shape index (κ3) is 7.26. The van der Waals surface area contributed by atoms with E-state index in [-0.39, 0.29) is 0 Å². The lowest BCUT2D eigenvalue weighted by Gasteiger charge is -2.13. The number of hydrogen-bond donors (Lipinski definition) is 0. The molecule has 1 aliphatic carbocycles. The van der Waals surface area contributed by atoms with Crippen molar-refractivity contribution >= 4 is 5.78 Å². The molecule has 20 heavy (non-hydrogen) atoms. The highest BCUT2D eigenvalue weighted by molar-refractivity contribution is 5.95. The molecule has 0 bridgehead atoms. The van der Waals surface area contributed by atoms with Crippen molar-refractivity contribution in [2.75, 3.05) is 0 Å². The van der Waals surface area contributed by atoms with Gasteiger partial charge in [0.15, 0.2) is 5.78 Å². The number of allylic oxidation sites excluding steroid dienone is 2. The SMILES string of the molecule is CCCCCC(C)=C1CCCCCCCCCCC1=O. The lowest BCUT2D eigenvalue weighted by Crippen LogP contribution is -2.06. The summed E-state index contributed by atoms with van der Waals surface area (Å²) in [6.07, 6.45) is 17.1. The van der Waals surface area contributed by atoms with Crippen LogP contribution in [0.4, 0.5) is 0 Å². The maximum Gasteiger partial charge on any atom is 0.158 e. The van der Waals surface area contributed by atoms with Gasteiger partial charge in [-0.25, -0.2) is 0 Å². The van der Waals surface area contributed by atoms with Crippen LogP contribution >= 0.6 is 0 Å². The zero-order valence-corrected chi connectivity index (χ0v) is 13.8. The molecule has 1 rings (SSSR count). The number of ketones is 1. The molecule has 0 aromatic carbocycles. The van der Waals surface area contributed by atoms with Crippen molar-refractivity contribution in [3.63, 3.8) is 0 Å². The predicted molar refractivity (Wildman–Crippen MR) is 88.0 cm³/mol. The first kappa shape index (κ1) is 17.5. The average Bonchev–Trinajstić information content (AvgIpc) is 2.43. The smallest absolute Gasteiger partial charge is 0.158 e. The van der Waals surface area contributed by atoms with Gasteiger partial charge >= 0.3 is 0 Å². The van der Waals surface area contributed by atoms with Crippen molar-refractivity contribution in [1.29, 1.82) is 0 Å². The highest BCUT2D eigenvalue weighted by Gasteiger charge is 2.13. The third-order valence-corrected chi connectivity index (χ3v) is 4.59. The summed E-state index contributed by atoms with van der Waals surface area (Å²) in [5, 5.41) is 0. The molecule has 116 valence electrons. The molecule has 1 fully saturated rings. The van der Waals surface area contributed by atoms with Gasteiger partial charge in [0.25, 0.3) is 0 Å². The van der Waals surface area contributed by atoms with Gasteiger partial charge in [-0.1, -0.05) is 63.9 Å². The number of carbonyl (C=O) groups is 1. The fourth-order valence-electron chi connectivity index (χ4n) is 3.18. The van der Waals surface area contributed by atoms with E-state index in [1.54, 1.807) is 0 Å². The summed E-state index contributed by atoms with van der Waals surface area (Å²) < 4.78 is 0. The zero-order valence-electron chi connectivity index (χ0n) is 13.8. The summed E-state index contributed by atoms with van der Waals surface area (Å²) in [5.74, 6) is 0.458. The van der Waals surface area contributed by atoms with Crippen LogP contribution in [0.15, 0.2) is 11.1 Å². The number of hydrogen-bond acceptors (Lipinski definition) is 1. The largest absolute Gasteiger partial charge is 0.295 e. The molecule has 1 nitrogen and oxygen atoms in total. The molecular weight excluding hydrogens is 244 g/mol. The van der Waals surface area contributed by atoms with E-state index in [9.17, 15) is 4.79 Å². The molecule has 0 amide bonds. The van der Waals surface area contributed by atoms with E-state index in [1.165, 1.54) is 75.4 Å². The molecule has 1 aliphatic rings. The first-order valence-corrected chi connectivity index (χ1v) is 8.97. The molecular formula is C19H34O. The van der Waals surface area contributed by atoms with Crippen LogP contribution in [0.5, 0.6) is 0 Å². The van der Waals surface area contributed by atoms with Crippen LogP contribution < -0.4 is 0 Å². The molecule has 0 heterocycles. The molecule has 0 aromatic rings. The molecule has 0 atom stereocenters. The van der Waals surface area contributed by atoms with E-state index >= 15 is 0 Å². The van der Waals surface area contributed by atoms with Gasteiger partial charge < -0.3 is 0 Å². The van der Waals surface area contributed by atoms with Crippen LogP contribution in [0.3, 0.4) is 0 Å². The second-order valence-electron chi connectivity index (χ2n) is 6.47. The second kappa shape index (κ2) is 11.1. The number of unbranched alkanes of at least 4 members (excludes halogenated alkanes) is 2. The normalized spacial score (nSPS) is 22.0. The van der Waals surface area contributed by atoms with Crippen molar-refractivity contribution in [2.45, 2.75) is 104 Å². The molecule has 0 aromatic heterocycles. The fraction of sp³-hybridized carbons (Fsp3) is 0.842. The van der Waals surface area contributed by atoms with Gasteiger partial charge in [0.2, 0.25) is 0 Å². The summed E-state index contributed by atoms with van der Waals surface area (Å²) in [6, 6.07) is 0. The zero-order chi connectivity index (χ0) is 14.6. The fourth-order valence-corrected chi connectivity index (χ4v) is 3.18. The minimum Gasteiger partial charge on any atom is -0.295 e. The number of carbonyl (C=O) groups excluding carboxylic acids is 1. The molecule has 0 spiro atoms. The predicted octanol–water partition coefficient (Wildman–Crippen LogP) is 6.37. The Morgan fingerprint density at radius 2 is 1.40 bits per heavy atom. The van der Waals surface area contributed by atoms with Gasteiger partial charge in [-0.15, -0.1) is 0 Å². The van der Waals surface area contributed by atoms with Crippen molar-refractivity contribution in [3.8, 4) is 0 Å². The molecule has 0 unspecified atom stereocenters. The van der Waals surface area contributed by atoms with Crippen LogP contribution in [-0.4, -0.2) is 5.78 Å². The molecule has 0 saturated heterocycles. The summed E-state index contributed by atoms with van der Waals surface area (Å²) in [7, 11) is 0. The first-order chi connectivity index (χ1) is 9.75. The lowest BCUT2D eigenvalue weighted by molar-refractivity contribution is -0.115. The Morgan fingerprint density at radius 3 is 2.00 bits per heavy atom. The van der Waals surface area contributed by atoms with E-state index in [2.05, 4.69) is 13.8 Å². The second-order valence-corrected chi connectivity index (χ2v) is 6.47. The van der Waals surface area contributed by atoms with Gasteiger partial charge in [0.1, 0.15) is 0 Å². The van der Waals surface area contributed by atoms with Gasteiger partial charge in [-0.2, -0.15) is 0 Å². The Labute approximate surface area is 126 Å². The monoisotopic (exact) mass is 278 g/mol. The quantitative estimate of drug-likeness (QED) is 0.431. The van der Waals surface area contributed by atoms with Crippen LogP contribution in [0.25, 0.3) is 0 Å². The Balaban J connectivity index is 2.59. The first-order valence-electron chi connectivity index (χ1n) is 8.97. The highest BCUT2D eigenvalue weighted by Crippen LogP contribution is 2.23. The lowest BCUT2D eigenvalue weighted by atomic mass is 9.91. The van der Waals surface area contributed by atoms with E-state index in [1.807, 2.05) is 0 Å². The van der Waals surface area contributed by atoms with E-state index in [4.69, 9.17) is 0 Å². The maximum atomic E-state index is 12.4. The molecule has 0 aliphatic heterocycles. The third-order valence-electron chi connectivity index (χ3n) is 4.59. The van der Waals surface area contributed by atoms with E-state index < -0.39 is 0 Å².